The lowest BCUT2D eigenvalue weighted by Gasteiger charge is -2.17. The molecule has 2 heterocycles. The van der Waals surface area contributed by atoms with Crippen LogP contribution in [0.2, 0.25) is 0 Å². The summed E-state index contributed by atoms with van der Waals surface area (Å²) in [6, 6.07) is 16.2. The van der Waals surface area contributed by atoms with Crippen LogP contribution in [-0.4, -0.2) is 22.4 Å². The summed E-state index contributed by atoms with van der Waals surface area (Å²) in [4.78, 5) is 21.1. The highest BCUT2D eigenvalue weighted by Gasteiger charge is 2.38. The molecule has 2 unspecified atom stereocenters. The van der Waals surface area contributed by atoms with Crippen molar-refractivity contribution in [2.24, 2.45) is 5.92 Å². The molecular weight excluding hydrogens is 362 g/mol. The first-order valence-corrected chi connectivity index (χ1v) is 9.68. The third kappa shape index (κ3) is 3.11. The van der Waals surface area contributed by atoms with Gasteiger partial charge in [0.25, 0.3) is 5.91 Å². The number of nitrogens with two attached hydrogens (primary N) is 1. The maximum atomic E-state index is 12.0. The average Bonchev–Trinajstić information content (AvgIpc) is 3.54. The van der Waals surface area contributed by atoms with Gasteiger partial charge in [0, 0.05) is 29.2 Å². The van der Waals surface area contributed by atoms with Crippen LogP contribution in [0.25, 0.3) is 22.5 Å². The summed E-state index contributed by atoms with van der Waals surface area (Å²) in [7, 11) is 0. The Labute approximate surface area is 168 Å². The molecule has 0 bridgehead atoms. The van der Waals surface area contributed by atoms with E-state index in [9.17, 15) is 4.79 Å². The molecule has 2 aliphatic rings. The minimum absolute atomic E-state index is 0.0417. The Balaban J connectivity index is 1.48. The van der Waals surface area contributed by atoms with E-state index < -0.39 is 0 Å². The van der Waals surface area contributed by atoms with E-state index in [1.54, 1.807) is 6.20 Å². The van der Waals surface area contributed by atoms with E-state index in [4.69, 9.17) is 16.0 Å². The van der Waals surface area contributed by atoms with Crippen molar-refractivity contribution in [1.82, 2.24) is 15.3 Å². The summed E-state index contributed by atoms with van der Waals surface area (Å²) in [5.74, 6) is 0.824. The zero-order valence-corrected chi connectivity index (χ0v) is 15.7. The number of carbonyl (C=O) groups excluding carboxylic acids is 1. The van der Waals surface area contributed by atoms with Gasteiger partial charge in [-0.2, -0.15) is 5.26 Å². The molecule has 0 radical (unpaired) electrons. The monoisotopic (exact) mass is 381 g/mol. The van der Waals surface area contributed by atoms with Crippen LogP contribution < -0.4 is 11.1 Å². The number of carbonyl (C=O) groups is 1. The van der Waals surface area contributed by atoms with Crippen LogP contribution in [0.1, 0.15) is 33.8 Å². The van der Waals surface area contributed by atoms with Crippen molar-refractivity contribution in [2.45, 2.75) is 18.8 Å². The molecule has 0 saturated heterocycles. The van der Waals surface area contributed by atoms with Crippen LogP contribution in [0.3, 0.4) is 0 Å². The number of rotatable bonds is 3. The lowest BCUT2D eigenvalue weighted by atomic mass is 9.96. The van der Waals surface area contributed by atoms with Crippen LogP contribution in [0.15, 0.2) is 48.7 Å². The molecule has 6 nitrogen and oxygen atoms in total. The highest BCUT2D eigenvalue weighted by Crippen LogP contribution is 2.47. The van der Waals surface area contributed by atoms with Gasteiger partial charge in [-0.3, -0.25) is 4.79 Å². The molecule has 29 heavy (non-hydrogen) atoms. The van der Waals surface area contributed by atoms with E-state index in [1.807, 2.05) is 30.3 Å². The maximum Gasteiger partial charge on any atom is 0.251 e. The van der Waals surface area contributed by atoms with E-state index in [1.165, 1.54) is 5.56 Å². The van der Waals surface area contributed by atoms with Crippen molar-refractivity contribution < 1.29 is 4.79 Å². The van der Waals surface area contributed by atoms with Gasteiger partial charge in [0.2, 0.25) is 0 Å². The second-order valence-corrected chi connectivity index (χ2v) is 7.57. The molecule has 2 aromatic carbocycles. The predicted molar refractivity (Wildman–Crippen MR) is 110 cm³/mol. The van der Waals surface area contributed by atoms with Crippen molar-refractivity contribution in [3.8, 4) is 28.6 Å². The van der Waals surface area contributed by atoms with Crippen LogP contribution in [0, 0.1) is 17.2 Å². The van der Waals surface area contributed by atoms with E-state index in [2.05, 4.69) is 28.5 Å². The Bertz CT molecular complexity index is 1160. The lowest BCUT2D eigenvalue weighted by Crippen LogP contribution is -2.31. The minimum Gasteiger partial charge on any atom is -0.382 e. The van der Waals surface area contributed by atoms with Crippen LogP contribution in [0.5, 0.6) is 0 Å². The number of nitrogen functional groups attached to an aromatic ring is 1. The molecule has 0 spiro atoms. The number of fused-ring (bicyclic) bond motifs is 1. The Hall–Kier alpha value is -3.72. The molecule has 1 aromatic heterocycles. The quantitative estimate of drug-likeness (QED) is 0.724. The second kappa shape index (κ2) is 6.71. The Morgan fingerprint density at radius 3 is 2.69 bits per heavy atom. The summed E-state index contributed by atoms with van der Waals surface area (Å²) in [6.07, 6.45) is 3.40. The fourth-order valence-electron chi connectivity index (χ4n) is 3.93. The van der Waals surface area contributed by atoms with Gasteiger partial charge in [-0.15, -0.1) is 0 Å². The Morgan fingerprint density at radius 1 is 1.14 bits per heavy atom. The van der Waals surface area contributed by atoms with Gasteiger partial charge in [-0.1, -0.05) is 30.3 Å². The SMILES string of the molecule is N#CC1CC1c1ccc(-c2cnc(N)c(-c3ccc4c(c3)CCNC4=O)n2)cc1. The Morgan fingerprint density at radius 2 is 1.93 bits per heavy atom. The fraction of sp³-hybridized carbons (Fsp3) is 0.217. The van der Waals surface area contributed by atoms with Crippen molar-refractivity contribution in [1.29, 1.82) is 5.26 Å². The number of amides is 1. The predicted octanol–water partition coefficient (Wildman–Crippen LogP) is 3.31. The van der Waals surface area contributed by atoms with Gasteiger partial charge < -0.3 is 11.1 Å². The summed E-state index contributed by atoms with van der Waals surface area (Å²) in [6.45, 7) is 0.635. The van der Waals surface area contributed by atoms with Gasteiger partial charge in [-0.25, -0.2) is 9.97 Å². The number of hydrogen-bond acceptors (Lipinski definition) is 5. The summed E-state index contributed by atoms with van der Waals surface area (Å²) >= 11 is 0. The van der Waals surface area contributed by atoms with Crippen molar-refractivity contribution >= 4 is 11.7 Å². The highest BCUT2D eigenvalue weighted by molar-refractivity contribution is 5.97. The van der Waals surface area contributed by atoms with Gasteiger partial charge in [0.05, 0.1) is 23.9 Å². The first-order valence-electron chi connectivity index (χ1n) is 9.68. The normalized spacial score (nSPS) is 19.8. The van der Waals surface area contributed by atoms with Gasteiger partial charge in [0.1, 0.15) is 11.5 Å². The number of nitriles is 1. The number of nitrogens with zero attached hydrogens (tertiary/aromatic N) is 3. The topological polar surface area (TPSA) is 105 Å². The molecule has 5 rings (SSSR count). The average molecular weight is 381 g/mol. The lowest BCUT2D eigenvalue weighted by molar-refractivity contribution is 0.0946. The largest absolute Gasteiger partial charge is 0.382 e. The molecule has 142 valence electrons. The molecule has 3 aromatic rings. The molecule has 6 heteroatoms. The summed E-state index contributed by atoms with van der Waals surface area (Å²) < 4.78 is 0. The third-order valence-corrected chi connectivity index (χ3v) is 5.69. The van der Waals surface area contributed by atoms with Gasteiger partial charge in [0.15, 0.2) is 0 Å². The molecule has 1 saturated carbocycles. The molecule has 2 atom stereocenters. The number of hydrogen-bond donors (Lipinski definition) is 2. The maximum absolute atomic E-state index is 12.0. The molecule has 1 fully saturated rings. The minimum atomic E-state index is -0.0417. The highest BCUT2D eigenvalue weighted by atomic mass is 16.1. The number of benzene rings is 2. The van der Waals surface area contributed by atoms with E-state index in [0.717, 1.165) is 35.2 Å². The van der Waals surface area contributed by atoms with Crippen molar-refractivity contribution in [3.05, 3.63) is 65.4 Å². The van der Waals surface area contributed by atoms with Crippen LogP contribution >= 0.6 is 0 Å². The Kier molecular flexibility index (Phi) is 4.02. The van der Waals surface area contributed by atoms with Gasteiger partial charge in [-0.05, 0) is 36.1 Å². The first-order chi connectivity index (χ1) is 14.1. The second-order valence-electron chi connectivity index (χ2n) is 7.57. The van der Waals surface area contributed by atoms with E-state index >= 15 is 0 Å². The standard InChI is InChI=1S/C23H19N5O/c24-11-17-10-19(17)13-1-3-14(4-2-13)20-12-27-22(25)21(28-20)16-5-6-18-15(9-16)7-8-26-23(18)29/h1-6,9,12,17,19H,7-8,10H2,(H2,25,27)(H,26,29). The van der Waals surface area contributed by atoms with Crippen molar-refractivity contribution in [3.63, 3.8) is 0 Å². The molecule has 1 aliphatic carbocycles. The smallest absolute Gasteiger partial charge is 0.251 e. The first kappa shape index (κ1) is 17.4. The third-order valence-electron chi connectivity index (χ3n) is 5.69. The number of anilines is 1. The molecule has 1 aliphatic heterocycles. The number of nitrogens with one attached hydrogen (secondary N) is 1. The zero-order valence-electron chi connectivity index (χ0n) is 15.7. The van der Waals surface area contributed by atoms with Gasteiger partial charge >= 0.3 is 0 Å². The summed E-state index contributed by atoms with van der Waals surface area (Å²) in [5.41, 5.74) is 12.2. The van der Waals surface area contributed by atoms with Crippen LogP contribution in [0.4, 0.5) is 5.82 Å². The molecular formula is C23H19N5O. The molecule has 3 N–H and O–H groups in total. The van der Waals surface area contributed by atoms with E-state index in [-0.39, 0.29) is 11.8 Å². The van der Waals surface area contributed by atoms with E-state index in [0.29, 0.717) is 29.5 Å². The number of aromatic nitrogens is 2. The summed E-state index contributed by atoms with van der Waals surface area (Å²) in [5, 5.41) is 11.9. The van der Waals surface area contributed by atoms with Crippen molar-refractivity contribution in [2.75, 3.05) is 12.3 Å². The fourth-order valence-corrected chi connectivity index (χ4v) is 3.93. The molecule has 1 amide bonds. The zero-order chi connectivity index (χ0) is 20.0. The van der Waals surface area contributed by atoms with Crippen LogP contribution in [-0.2, 0) is 6.42 Å².